The Hall–Kier alpha value is -2.08. The third kappa shape index (κ3) is 4.85. The molecular weight excluding hydrogens is 354 g/mol. The summed E-state index contributed by atoms with van der Waals surface area (Å²) < 4.78 is 5.70. The largest absolute Gasteiger partial charge is 0.484 e. The molecule has 154 valence electrons. The van der Waals surface area contributed by atoms with Crippen LogP contribution in [0.3, 0.4) is 0 Å². The number of carbonyl (C=O) groups is 2. The molecule has 1 aromatic carbocycles. The monoisotopic (exact) mass is 387 g/mol. The van der Waals surface area contributed by atoms with E-state index in [1.54, 1.807) is 24.3 Å². The molecule has 2 unspecified atom stereocenters. The Morgan fingerprint density at radius 1 is 1.07 bits per heavy atom. The van der Waals surface area contributed by atoms with Crippen LogP contribution in [0.4, 0.5) is 0 Å². The molecule has 0 saturated carbocycles. The minimum Gasteiger partial charge on any atom is -0.484 e. The SMILES string of the molecule is CC1CCCC(C)N1C(=O)COc1ccc(C(=O)N(C)C2CCNCC2)cc1. The van der Waals surface area contributed by atoms with Gasteiger partial charge in [0.1, 0.15) is 5.75 Å². The van der Waals surface area contributed by atoms with Crippen LogP contribution in [0.25, 0.3) is 0 Å². The van der Waals surface area contributed by atoms with E-state index in [4.69, 9.17) is 4.74 Å². The van der Waals surface area contributed by atoms with E-state index in [1.165, 1.54) is 6.42 Å². The lowest BCUT2D eigenvalue weighted by Crippen LogP contribution is -2.49. The molecule has 6 nitrogen and oxygen atoms in total. The second-order valence-electron chi connectivity index (χ2n) is 8.14. The molecule has 0 aliphatic carbocycles. The van der Waals surface area contributed by atoms with Crippen LogP contribution >= 0.6 is 0 Å². The van der Waals surface area contributed by atoms with E-state index in [2.05, 4.69) is 19.2 Å². The maximum absolute atomic E-state index is 12.7. The molecule has 0 bridgehead atoms. The minimum atomic E-state index is 0.0329. The summed E-state index contributed by atoms with van der Waals surface area (Å²) in [5.74, 6) is 0.683. The van der Waals surface area contributed by atoms with Gasteiger partial charge in [0.25, 0.3) is 11.8 Å². The molecule has 0 aromatic heterocycles. The normalized spacial score (nSPS) is 23.3. The maximum atomic E-state index is 12.7. The van der Waals surface area contributed by atoms with Crippen molar-refractivity contribution in [3.05, 3.63) is 29.8 Å². The van der Waals surface area contributed by atoms with E-state index in [9.17, 15) is 9.59 Å². The lowest BCUT2D eigenvalue weighted by atomic mass is 9.97. The van der Waals surface area contributed by atoms with Gasteiger partial charge in [0.15, 0.2) is 6.61 Å². The number of carbonyl (C=O) groups excluding carboxylic acids is 2. The van der Waals surface area contributed by atoms with Gasteiger partial charge >= 0.3 is 0 Å². The van der Waals surface area contributed by atoms with Crippen LogP contribution in [-0.4, -0.2) is 66.5 Å². The van der Waals surface area contributed by atoms with Gasteiger partial charge in [0.2, 0.25) is 0 Å². The number of nitrogens with one attached hydrogen (secondary N) is 1. The second-order valence-corrected chi connectivity index (χ2v) is 8.14. The molecule has 3 rings (SSSR count). The minimum absolute atomic E-state index is 0.0329. The third-order valence-electron chi connectivity index (χ3n) is 6.12. The zero-order valence-corrected chi connectivity index (χ0v) is 17.3. The molecule has 1 aromatic rings. The zero-order valence-electron chi connectivity index (χ0n) is 17.3. The van der Waals surface area contributed by atoms with E-state index < -0.39 is 0 Å². The quantitative estimate of drug-likeness (QED) is 0.844. The van der Waals surface area contributed by atoms with Crippen molar-refractivity contribution >= 4 is 11.8 Å². The number of amides is 2. The second kappa shape index (κ2) is 9.41. The van der Waals surface area contributed by atoms with Crippen molar-refractivity contribution in [3.8, 4) is 5.75 Å². The summed E-state index contributed by atoms with van der Waals surface area (Å²) in [6, 6.07) is 7.95. The van der Waals surface area contributed by atoms with Crippen LogP contribution in [0.2, 0.25) is 0 Å². The van der Waals surface area contributed by atoms with E-state index in [-0.39, 0.29) is 36.5 Å². The smallest absolute Gasteiger partial charge is 0.260 e. The highest BCUT2D eigenvalue weighted by molar-refractivity contribution is 5.94. The first-order chi connectivity index (χ1) is 13.5. The van der Waals surface area contributed by atoms with Gasteiger partial charge < -0.3 is 19.9 Å². The van der Waals surface area contributed by atoms with Crippen molar-refractivity contribution in [2.75, 3.05) is 26.7 Å². The summed E-state index contributed by atoms with van der Waals surface area (Å²) in [6.45, 7) is 6.16. The molecule has 2 saturated heterocycles. The van der Waals surface area contributed by atoms with E-state index in [0.717, 1.165) is 38.8 Å². The molecule has 0 radical (unpaired) electrons. The predicted octanol–water partition coefficient (Wildman–Crippen LogP) is 2.68. The Bertz CT molecular complexity index is 660. The van der Waals surface area contributed by atoms with Gasteiger partial charge in [0.05, 0.1) is 0 Å². The highest BCUT2D eigenvalue weighted by Crippen LogP contribution is 2.23. The van der Waals surface area contributed by atoms with Crippen molar-refractivity contribution in [1.29, 1.82) is 0 Å². The molecule has 2 fully saturated rings. The number of nitrogens with zero attached hydrogens (tertiary/aromatic N) is 2. The first-order valence-corrected chi connectivity index (χ1v) is 10.5. The van der Waals surface area contributed by atoms with E-state index >= 15 is 0 Å². The Kier molecular flexibility index (Phi) is 6.94. The number of rotatable bonds is 5. The van der Waals surface area contributed by atoms with Crippen LogP contribution in [0.15, 0.2) is 24.3 Å². The zero-order chi connectivity index (χ0) is 20.1. The summed E-state index contributed by atoms with van der Waals surface area (Å²) in [5.41, 5.74) is 0.651. The predicted molar refractivity (Wildman–Crippen MR) is 110 cm³/mol. The average Bonchev–Trinajstić information content (AvgIpc) is 2.72. The number of hydrogen-bond donors (Lipinski definition) is 1. The summed E-state index contributed by atoms with van der Waals surface area (Å²) >= 11 is 0. The molecule has 2 aliphatic rings. The number of likely N-dealkylation sites (tertiary alicyclic amines) is 1. The van der Waals surface area contributed by atoms with Crippen LogP contribution < -0.4 is 10.1 Å². The van der Waals surface area contributed by atoms with Gasteiger partial charge in [0, 0.05) is 30.7 Å². The van der Waals surface area contributed by atoms with Crippen LogP contribution in [0, 0.1) is 0 Å². The first kappa shape index (κ1) is 20.6. The molecule has 2 amide bonds. The first-order valence-electron chi connectivity index (χ1n) is 10.5. The Morgan fingerprint density at radius 2 is 1.68 bits per heavy atom. The van der Waals surface area contributed by atoms with Crippen molar-refractivity contribution in [2.45, 2.75) is 64.1 Å². The highest BCUT2D eigenvalue weighted by Gasteiger charge is 2.29. The van der Waals surface area contributed by atoms with Gasteiger partial charge in [-0.2, -0.15) is 0 Å². The highest BCUT2D eigenvalue weighted by atomic mass is 16.5. The third-order valence-corrected chi connectivity index (χ3v) is 6.12. The summed E-state index contributed by atoms with van der Waals surface area (Å²) in [7, 11) is 1.88. The summed E-state index contributed by atoms with van der Waals surface area (Å²) in [6.07, 6.45) is 5.25. The molecule has 2 atom stereocenters. The molecule has 1 N–H and O–H groups in total. The number of piperidine rings is 2. The molecule has 2 heterocycles. The van der Waals surface area contributed by atoms with Crippen molar-refractivity contribution in [1.82, 2.24) is 15.1 Å². The summed E-state index contributed by atoms with van der Waals surface area (Å²) in [4.78, 5) is 29.1. The Balaban J connectivity index is 1.54. The average molecular weight is 388 g/mol. The lowest BCUT2D eigenvalue weighted by Gasteiger charge is -2.38. The van der Waals surface area contributed by atoms with E-state index in [0.29, 0.717) is 11.3 Å². The standard InChI is InChI=1S/C22H33N3O3/c1-16-5-4-6-17(2)25(16)21(26)15-28-20-9-7-18(8-10-20)22(27)24(3)19-11-13-23-14-12-19/h7-10,16-17,19,23H,4-6,11-15H2,1-3H3. The van der Waals surface area contributed by atoms with Crippen molar-refractivity contribution in [3.63, 3.8) is 0 Å². The molecule has 2 aliphatic heterocycles. The fourth-order valence-corrected chi connectivity index (χ4v) is 4.39. The molecular formula is C22H33N3O3. The van der Waals surface area contributed by atoms with Gasteiger partial charge in [-0.15, -0.1) is 0 Å². The molecule has 6 heteroatoms. The van der Waals surface area contributed by atoms with Crippen LogP contribution in [0.5, 0.6) is 5.75 Å². The number of benzene rings is 1. The fourth-order valence-electron chi connectivity index (χ4n) is 4.39. The lowest BCUT2D eigenvalue weighted by molar-refractivity contribution is -0.139. The van der Waals surface area contributed by atoms with Gasteiger partial charge in [-0.1, -0.05) is 0 Å². The summed E-state index contributed by atoms with van der Waals surface area (Å²) in [5, 5.41) is 3.32. The molecule has 28 heavy (non-hydrogen) atoms. The Morgan fingerprint density at radius 3 is 2.29 bits per heavy atom. The number of ether oxygens (including phenoxy) is 1. The van der Waals surface area contributed by atoms with Crippen LogP contribution in [0.1, 0.15) is 56.3 Å². The molecule has 0 spiro atoms. The number of hydrogen-bond acceptors (Lipinski definition) is 4. The van der Waals surface area contributed by atoms with Crippen molar-refractivity contribution < 1.29 is 14.3 Å². The Labute approximate surface area is 168 Å². The van der Waals surface area contributed by atoms with Gasteiger partial charge in [-0.25, -0.2) is 0 Å². The van der Waals surface area contributed by atoms with E-state index in [1.807, 2.05) is 16.8 Å². The van der Waals surface area contributed by atoms with Crippen LogP contribution in [-0.2, 0) is 4.79 Å². The maximum Gasteiger partial charge on any atom is 0.260 e. The van der Waals surface area contributed by atoms with Gasteiger partial charge in [-0.3, -0.25) is 9.59 Å². The van der Waals surface area contributed by atoms with Crippen molar-refractivity contribution in [2.24, 2.45) is 0 Å². The van der Waals surface area contributed by atoms with Gasteiger partial charge in [-0.05, 0) is 83.3 Å². The fraction of sp³-hybridized carbons (Fsp3) is 0.636. The topological polar surface area (TPSA) is 61.9 Å².